The first-order chi connectivity index (χ1) is 7.43. The van der Waals surface area contributed by atoms with Crippen molar-refractivity contribution in [2.45, 2.75) is 19.3 Å². The normalized spacial score (nSPS) is 44.8. The third-order valence-corrected chi connectivity index (χ3v) is 4.78. The van der Waals surface area contributed by atoms with Gasteiger partial charge in [0.2, 0.25) is 0 Å². The number of fused-ring (bicyclic) bond motifs is 6. The largest absolute Gasteiger partial charge is 0.0848 e. The zero-order valence-electron chi connectivity index (χ0n) is 8.89. The molecule has 15 heavy (non-hydrogen) atoms. The van der Waals surface area contributed by atoms with Gasteiger partial charge in [-0.15, -0.1) is 0 Å². The van der Waals surface area contributed by atoms with Gasteiger partial charge in [-0.25, -0.2) is 0 Å². The summed E-state index contributed by atoms with van der Waals surface area (Å²) in [7, 11) is 0. The van der Waals surface area contributed by atoms with Crippen LogP contribution in [0.4, 0.5) is 0 Å². The molecule has 4 atom stereocenters. The van der Waals surface area contributed by atoms with Gasteiger partial charge in [0.05, 0.1) is 0 Å². The topological polar surface area (TPSA) is 0 Å². The van der Waals surface area contributed by atoms with Crippen molar-refractivity contribution in [3.8, 4) is 0 Å². The molecule has 76 valence electrons. The molecule has 0 aromatic heterocycles. The van der Waals surface area contributed by atoms with Gasteiger partial charge in [-0.05, 0) is 48.5 Å². The van der Waals surface area contributed by atoms with Gasteiger partial charge in [0.1, 0.15) is 0 Å². The molecule has 0 amide bonds. The highest BCUT2D eigenvalue weighted by Gasteiger charge is 2.49. The number of hydrogen-bond acceptors (Lipinski definition) is 0. The van der Waals surface area contributed by atoms with E-state index in [0.717, 1.165) is 23.7 Å². The minimum Gasteiger partial charge on any atom is -0.0848 e. The van der Waals surface area contributed by atoms with Gasteiger partial charge in [-0.2, -0.15) is 0 Å². The molecule has 0 heterocycles. The summed E-state index contributed by atoms with van der Waals surface area (Å²) in [6, 6.07) is 0. The van der Waals surface area contributed by atoms with E-state index in [2.05, 4.69) is 36.5 Å². The molecule has 4 unspecified atom stereocenters. The van der Waals surface area contributed by atoms with E-state index in [4.69, 9.17) is 0 Å². The van der Waals surface area contributed by atoms with Gasteiger partial charge in [0, 0.05) is 0 Å². The third kappa shape index (κ3) is 0.975. The number of rotatable bonds is 0. The maximum atomic E-state index is 2.49. The summed E-state index contributed by atoms with van der Waals surface area (Å²) in [5.41, 5.74) is 3.43. The second-order valence-corrected chi connectivity index (χ2v) is 5.38. The maximum Gasteiger partial charge on any atom is -0.00940 e. The first-order valence-electron chi connectivity index (χ1n) is 6.17. The van der Waals surface area contributed by atoms with E-state index in [9.17, 15) is 0 Å². The lowest BCUT2D eigenvalue weighted by atomic mass is 9.81. The highest BCUT2D eigenvalue weighted by atomic mass is 14.5. The van der Waals surface area contributed by atoms with Gasteiger partial charge in [-0.3, -0.25) is 0 Å². The Labute approximate surface area is 91.1 Å². The van der Waals surface area contributed by atoms with Crippen molar-refractivity contribution in [1.29, 1.82) is 0 Å². The molecule has 0 aromatic carbocycles. The molecule has 1 saturated carbocycles. The van der Waals surface area contributed by atoms with Crippen LogP contribution in [0.5, 0.6) is 0 Å². The average Bonchev–Trinajstić information content (AvgIpc) is 2.87. The van der Waals surface area contributed by atoms with Crippen molar-refractivity contribution in [3.05, 3.63) is 47.6 Å². The smallest absolute Gasteiger partial charge is 0.00940 e. The maximum absolute atomic E-state index is 2.49. The number of hydrogen-bond donors (Lipinski definition) is 0. The van der Waals surface area contributed by atoms with Crippen molar-refractivity contribution in [3.63, 3.8) is 0 Å². The Morgan fingerprint density at radius 1 is 1.07 bits per heavy atom. The van der Waals surface area contributed by atoms with Gasteiger partial charge in [-0.1, -0.05) is 42.0 Å². The molecule has 4 aliphatic carbocycles. The van der Waals surface area contributed by atoms with Crippen LogP contribution < -0.4 is 0 Å². The fraction of sp³-hybridized carbons (Fsp3) is 0.467. The summed E-state index contributed by atoms with van der Waals surface area (Å²) < 4.78 is 0. The molecule has 0 heteroatoms. The molecule has 0 N–H and O–H groups in total. The summed E-state index contributed by atoms with van der Waals surface area (Å²) in [6.07, 6.45) is 18.1. The van der Waals surface area contributed by atoms with Crippen molar-refractivity contribution in [2.24, 2.45) is 23.7 Å². The van der Waals surface area contributed by atoms with E-state index in [1.165, 1.54) is 19.3 Å². The number of allylic oxidation sites excluding steroid dienone is 8. The Hall–Kier alpha value is -1.04. The van der Waals surface area contributed by atoms with Crippen molar-refractivity contribution >= 4 is 0 Å². The van der Waals surface area contributed by atoms with E-state index in [1.807, 2.05) is 0 Å². The predicted molar refractivity (Wildman–Crippen MR) is 62.3 cm³/mol. The molecule has 0 spiro atoms. The first kappa shape index (κ1) is 8.15. The molecule has 0 saturated heterocycles. The molecule has 2 bridgehead atoms. The highest BCUT2D eigenvalue weighted by molar-refractivity contribution is 5.42. The lowest BCUT2D eigenvalue weighted by Gasteiger charge is -2.23. The van der Waals surface area contributed by atoms with Crippen LogP contribution in [0, 0.1) is 23.7 Å². The van der Waals surface area contributed by atoms with Crippen LogP contribution in [0.25, 0.3) is 0 Å². The molecule has 4 aliphatic rings. The van der Waals surface area contributed by atoms with E-state index in [-0.39, 0.29) is 0 Å². The summed E-state index contributed by atoms with van der Waals surface area (Å²) >= 11 is 0. The highest BCUT2D eigenvalue weighted by Crippen LogP contribution is 2.58. The minimum absolute atomic E-state index is 0.882. The van der Waals surface area contributed by atoms with Gasteiger partial charge in [0.25, 0.3) is 0 Å². The van der Waals surface area contributed by atoms with Gasteiger partial charge in [0.15, 0.2) is 0 Å². The zero-order chi connectivity index (χ0) is 9.83. The Kier molecular flexibility index (Phi) is 1.49. The quantitative estimate of drug-likeness (QED) is 0.519. The van der Waals surface area contributed by atoms with Crippen molar-refractivity contribution in [2.75, 3.05) is 0 Å². The van der Waals surface area contributed by atoms with E-state index in [1.54, 1.807) is 11.1 Å². The Morgan fingerprint density at radius 2 is 2.00 bits per heavy atom. The van der Waals surface area contributed by atoms with Crippen molar-refractivity contribution < 1.29 is 0 Å². The SMILES string of the molecule is C1=CCC2=C(C=C1)CC1C3C=CC(C3)C21. The van der Waals surface area contributed by atoms with Crippen LogP contribution >= 0.6 is 0 Å². The third-order valence-electron chi connectivity index (χ3n) is 4.78. The molecule has 0 aromatic rings. The fourth-order valence-electron chi connectivity index (χ4n) is 4.21. The van der Waals surface area contributed by atoms with Gasteiger partial charge < -0.3 is 0 Å². The van der Waals surface area contributed by atoms with Crippen LogP contribution in [0.2, 0.25) is 0 Å². The second-order valence-electron chi connectivity index (χ2n) is 5.38. The average molecular weight is 196 g/mol. The molecular formula is C15H16. The van der Waals surface area contributed by atoms with Crippen LogP contribution in [0.1, 0.15) is 19.3 Å². The van der Waals surface area contributed by atoms with Crippen molar-refractivity contribution in [1.82, 2.24) is 0 Å². The molecular weight excluding hydrogens is 180 g/mol. The van der Waals surface area contributed by atoms with Crippen LogP contribution in [-0.4, -0.2) is 0 Å². The summed E-state index contributed by atoms with van der Waals surface area (Å²) in [5.74, 6) is 3.65. The minimum atomic E-state index is 0.882. The molecule has 0 nitrogen and oxygen atoms in total. The van der Waals surface area contributed by atoms with E-state index in [0.29, 0.717) is 0 Å². The molecule has 0 aliphatic heterocycles. The zero-order valence-corrected chi connectivity index (χ0v) is 8.89. The van der Waals surface area contributed by atoms with E-state index < -0.39 is 0 Å². The predicted octanol–water partition coefficient (Wildman–Crippen LogP) is 3.64. The summed E-state index contributed by atoms with van der Waals surface area (Å²) in [6.45, 7) is 0. The Bertz CT molecular complexity index is 419. The standard InChI is InChI=1S/C15H16/c1-2-4-10-9-14-11-6-7-12(8-11)15(14)13(10)5-3-1/h1-4,6-7,11-12,14-15H,5,8-9H2. The lowest BCUT2D eigenvalue weighted by molar-refractivity contribution is 0.381. The fourth-order valence-corrected chi connectivity index (χ4v) is 4.21. The summed E-state index contributed by atoms with van der Waals surface area (Å²) in [4.78, 5) is 0. The second kappa shape index (κ2) is 2.75. The van der Waals surface area contributed by atoms with E-state index >= 15 is 0 Å². The van der Waals surface area contributed by atoms with Gasteiger partial charge >= 0.3 is 0 Å². The first-order valence-corrected chi connectivity index (χ1v) is 6.17. The van der Waals surface area contributed by atoms with Crippen LogP contribution in [0.3, 0.4) is 0 Å². The van der Waals surface area contributed by atoms with Crippen LogP contribution in [-0.2, 0) is 0 Å². The lowest BCUT2D eigenvalue weighted by Crippen LogP contribution is -2.16. The monoisotopic (exact) mass is 196 g/mol. The summed E-state index contributed by atoms with van der Waals surface area (Å²) in [5, 5.41) is 0. The molecule has 1 fully saturated rings. The molecule has 0 radical (unpaired) electrons. The Morgan fingerprint density at radius 3 is 3.00 bits per heavy atom. The Balaban J connectivity index is 1.78. The molecule has 4 rings (SSSR count). The van der Waals surface area contributed by atoms with Crippen LogP contribution in [0.15, 0.2) is 47.6 Å².